The Morgan fingerprint density at radius 3 is 2.26 bits per heavy atom. The Morgan fingerprint density at radius 1 is 0.943 bits per heavy atom. The molecular formula is C28H46O7. The molecule has 2 aliphatic heterocycles. The van der Waals surface area contributed by atoms with E-state index in [9.17, 15) is 25.2 Å². The van der Waals surface area contributed by atoms with Gasteiger partial charge in [-0.1, -0.05) is 27.7 Å². The number of rotatable bonds is 5. The van der Waals surface area contributed by atoms with E-state index in [1.807, 2.05) is 13.8 Å². The Morgan fingerprint density at radius 2 is 1.60 bits per heavy atom. The molecule has 2 saturated heterocycles. The molecule has 7 nitrogen and oxygen atoms in total. The Balaban J connectivity index is 1.37. The van der Waals surface area contributed by atoms with Crippen molar-refractivity contribution in [2.75, 3.05) is 13.2 Å². The number of epoxide rings is 1. The predicted molar refractivity (Wildman–Crippen MR) is 129 cm³/mol. The number of carbonyl (C=O) groups excluding carboxylic acids is 1. The van der Waals surface area contributed by atoms with E-state index < -0.39 is 24.4 Å². The van der Waals surface area contributed by atoms with Crippen molar-refractivity contribution >= 4 is 5.97 Å². The van der Waals surface area contributed by atoms with E-state index >= 15 is 0 Å². The van der Waals surface area contributed by atoms with E-state index in [1.165, 1.54) is 0 Å². The predicted octanol–water partition coefficient (Wildman–Crippen LogP) is 2.52. The summed E-state index contributed by atoms with van der Waals surface area (Å²) in [5.41, 5.74) is -0.721. The van der Waals surface area contributed by atoms with Crippen LogP contribution in [0.4, 0.5) is 0 Å². The fourth-order valence-electron chi connectivity index (χ4n) is 9.28. The van der Waals surface area contributed by atoms with E-state index in [-0.39, 0.29) is 64.3 Å². The molecule has 200 valence electrons. The van der Waals surface area contributed by atoms with Gasteiger partial charge in [0.05, 0.1) is 49.1 Å². The van der Waals surface area contributed by atoms with Crippen molar-refractivity contribution in [1.29, 1.82) is 0 Å². The Labute approximate surface area is 209 Å². The van der Waals surface area contributed by atoms with Crippen molar-refractivity contribution < 1.29 is 34.7 Å². The van der Waals surface area contributed by atoms with Crippen molar-refractivity contribution in [3.63, 3.8) is 0 Å². The van der Waals surface area contributed by atoms with Crippen LogP contribution in [0.5, 0.6) is 0 Å². The van der Waals surface area contributed by atoms with Crippen molar-refractivity contribution in [1.82, 2.24) is 0 Å². The first-order valence-electron chi connectivity index (χ1n) is 13.9. The first kappa shape index (κ1) is 25.9. The monoisotopic (exact) mass is 494 g/mol. The first-order valence-corrected chi connectivity index (χ1v) is 13.9. The van der Waals surface area contributed by atoms with Crippen LogP contribution in [0, 0.1) is 52.3 Å². The van der Waals surface area contributed by atoms with Crippen LogP contribution in [0.15, 0.2) is 0 Å². The average Bonchev–Trinajstić information content (AvgIpc) is 3.49. The molecule has 0 spiro atoms. The van der Waals surface area contributed by atoms with Crippen LogP contribution in [-0.4, -0.2) is 69.6 Å². The van der Waals surface area contributed by atoms with Gasteiger partial charge in [-0.2, -0.15) is 0 Å². The van der Waals surface area contributed by atoms with Crippen molar-refractivity contribution in [3.05, 3.63) is 0 Å². The van der Waals surface area contributed by atoms with Crippen LogP contribution < -0.4 is 0 Å². The summed E-state index contributed by atoms with van der Waals surface area (Å²) in [7, 11) is 0. The number of esters is 1. The Kier molecular flexibility index (Phi) is 6.40. The van der Waals surface area contributed by atoms with Crippen molar-refractivity contribution in [2.45, 2.75) is 103 Å². The molecule has 14 atom stereocenters. The zero-order chi connectivity index (χ0) is 25.5. The molecule has 2 heterocycles. The number of fused-ring (bicyclic) bond motifs is 5. The third-order valence-corrected chi connectivity index (χ3v) is 12.0. The minimum atomic E-state index is -0.874. The quantitative estimate of drug-likeness (QED) is 0.342. The van der Waals surface area contributed by atoms with Gasteiger partial charge >= 0.3 is 5.97 Å². The van der Waals surface area contributed by atoms with Crippen LogP contribution >= 0.6 is 0 Å². The molecule has 0 aromatic carbocycles. The van der Waals surface area contributed by atoms with Gasteiger partial charge in [0.2, 0.25) is 0 Å². The third kappa shape index (κ3) is 3.91. The second kappa shape index (κ2) is 8.65. The molecule has 7 heteroatoms. The van der Waals surface area contributed by atoms with Crippen LogP contribution in [0.25, 0.3) is 0 Å². The molecule has 5 rings (SSSR count). The van der Waals surface area contributed by atoms with Gasteiger partial charge in [-0.15, -0.1) is 0 Å². The molecule has 3 saturated carbocycles. The smallest absolute Gasteiger partial charge is 0.309 e. The molecule has 5 aliphatic rings. The summed E-state index contributed by atoms with van der Waals surface area (Å²) in [5.74, 6) is 0.340. The van der Waals surface area contributed by atoms with Gasteiger partial charge in [0.15, 0.2) is 0 Å². The lowest BCUT2D eigenvalue weighted by molar-refractivity contribution is -0.162. The van der Waals surface area contributed by atoms with Crippen LogP contribution in [0.1, 0.15) is 73.1 Å². The van der Waals surface area contributed by atoms with E-state index in [4.69, 9.17) is 9.47 Å². The van der Waals surface area contributed by atoms with Crippen LogP contribution in [0.2, 0.25) is 0 Å². The third-order valence-electron chi connectivity index (χ3n) is 12.0. The molecule has 0 amide bonds. The second-order valence-corrected chi connectivity index (χ2v) is 13.6. The molecule has 0 unspecified atom stereocenters. The highest BCUT2D eigenvalue weighted by Gasteiger charge is 2.63. The number of ether oxygens (including phenoxy) is 2. The van der Waals surface area contributed by atoms with Gasteiger partial charge in [-0.05, 0) is 85.9 Å². The highest BCUT2D eigenvalue weighted by Crippen LogP contribution is 2.66. The number of cyclic esters (lactones) is 1. The standard InChI is InChI=1S/C28H46O7/c1-14(23(31)24(32)15(2)28(5)13-35-28)17-6-7-18-16-12-34-25(33)20-10-21(29)22(30)11-27(20,4)19(16)8-9-26(17,18)3/h14-24,29-32H,6-13H2,1-5H3/t14-,15-,16-,17+,18-,19-,20+,21-,22+,23+,24+,26+,27+,28-/m0/s1. The first-order chi connectivity index (χ1) is 16.3. The number of hydrogen-bond acceptors (Lipinski definition) is 7. The van der Waals surface area contributed by atoms with E-state index in [0.29, 0.717) is 25.6 Å². The number of hydrogen-bond donors (Lipinski definition) is 4. The summed E-state index contributed by atoms with van der Waals surface area (Å²) >= 11 is 0. The lowest BCUT2D eigenvalue weighted by atomic mass is 9.48. The maximum absolute atomic E-state index is 13.0. The average molecular weight is 495 g/mol. The molecule has 4 N–H and O–H groups in total. The lowest BCUT2D eigenvalue weighted by Crippen LogP contribution is -2.55. The molecule has 0 bridgehead atoms. The van der Waals surface area contributed by atoms with Gasteiger partial charge in [0, 0.05) is 5.92 Å². The topological polar surface area (TPSA) is 120 Å². The summed E-state index contributed by atoms with van der Waals surface area (Å²) in [5, 5.41) is 43.1. The largest absolute Gasteiger partial charge is 0.465 e. The molecule has 5 fully saturated rings. The number of aliphatic hydroxyl groups is 4. The second-order valence-electron chi connectivity index (χ2n) is 13.6. The molecular weight excluding hydrogens is 448 g/mol. The number of carbonyl (C=O) groups is 1. The van der Waals surface area contributed by atoms with Gasteiger partial charge < -0.3 is 29.9 Å². The van der Waals surface area contributed by atoms with Gasteiger partial charge in [-0.3, -0.25) is 4.79 Å². The molecule has 35 heavy (non-hydrogen) atoms. The molecule has 3 aliphatic carbocycles. The minimum Gasteiger partial charge on any atom is -0.465 e. The summed E-state index contributed by atoms with van der Waals surface area (Å²) in [6.45, 7) is 11.6. The van der Waals surface area contributed by atoms with Crippen LogP contribution in [0.3, 0.4) is 0 Å². The zero-order valence-electron chi connectivity index (χ0n) is 22.0. The van der Waals surface area contributed by atoms with Crippen molar-refractivity contribution in [3.8, 4) is 0 Å². The van der Waals surface area contributed by atoms with Gasteiger partial charge in [0.1, 0.15) is 0 Å². The summed E-state index contributed by atoms with van der Waals surface area (Å²) in [6, 6.07) is 0. The van der Waals surface area contributed by atoms with Crippen molar-refractivity contribution in [2.24, 2.45) is 52.3 Å². The molecule has 0 aromatic heterocycles. The summed E-state index contributed by atoms with van der Waals surface area (Å²) in [4.78, 5) is 13.0. The fourth-order valence-corrected chi connectivity index (χ4v) is 9.28. The van der Waals surface area contributed by atoms with E-state index in [0.717, 1.165) is 25.7 Å². The Bertz CT molecular complexity index is 828. The van der Waals surface area contributed by atoms with Crippen LogP contribution in [-0.2, 0) is 14.3 Å². The highest BCUT2D eigenvalue weighted by atomic mass is 16.6. The Hall–Kier alpha value is -0.730. The number of aliphatic hydroxyl groups excluding tert-OH is 4. The van der Waals surface area contributed by atoms with E-state index in [2.05, 4.69) is 20.8 Å². The normalized spacial score (nSPS) is 52.7. The molecule has 0 radical (unpaired) electrons. The summed E-state index contributed by atoms with van der Waals surface area (Å²) in [6.07, 6.45) is 1.36. The lowest BCUT2D eigenvalue weighted by Gasteiger charge is -2.56. The van der Waals surface area contributed by atoms with Gasteiger partial charge in [-0.25, -0.2) is 0 Å². The van der Waals surface area contributed by atoms with Gasteiger partial charge in [0.25, 0.3) is 0 Å². The molecule has 0 aromatic rings. The SMILES string of the molecule is C[C@H]([C@@H](O)[C@H](O)[C@H](C)[C@]1(C)CO1)[C@H]1CC[C@H]2[C@@H]3COC(=O)[C@H]4C[C@H](O)[C@H](O)C[C@]4(C)[C@H]3CC[C@]12C. The summed E-state index contributed by atoms with van der Waals surface area (Å²) < 4.78 is 11.4. The minimum absolute atomic E-state index is 0.0000943. The zero-order valence-corrected chi connectivity index (χ0v) is 22.0. The maximum Gasteiger partial charge on any atom is 0.309 e. The fraction of sp³-hybridized carbons (Fsp3) is 0.964. The highest BCUT2D eigenvalue weighted by molar-refractivity contribution is 5.74. The van der Waals surface area contributed by atoms with E-state index in [1.54, 1.807) is 0 Å². The maximum atomic E-state index is 13.0.